The van der Waals surface area contributed by atoms with Gasteiger partial charge in [0.2, 0.25) is 0 Å². The van der Waals surface area contributed by atoms with Crippen LogP contribution in [-0.4, -0.2) is 20.9 Å². The van der Waals surface area contributed by atoms with Gasteiger partial charge in [0.05, 0.1) is 10.9 Å². The second-order valence-electron chi connectivity index (χ2n) is 7.17. The molecule has 0 heterocycles. The third kappa shape index (κ3) is 6.30. The van der Waals surface area contributed by atoms with Gasteiger partial charge < -0.3 is 10.1 Å². The number of halogens is 2. The lowest BCUT2D eigenvalue weighted by atomic mass is 10.1. The second-order valence-corrected chi connectivity index (χ2v) is 9.77. The number of hydrogen-bond acceptors (Lipinski definition) is 4. The van der Waals surface area contributed by atoms with Crippen molar-refractivity contribution in [2.75, 3.05) is 11.3 Å². The summed E-state index contributed by atoms with van der Waals surface area (Å²) >= 11 is 3.41. The molecule has 0 saturated carbocycles. The van der Waals surface area contributed by atoms with E-state index < -0.39 is 15.8 Å². The summed E-state index contributed by atoms with van der Waals surface area (Å²) in [7, 11) is -3.86. The van der Waals surface area contributed by atoms with Crippen molar-refractivity contribution in [3.05, 3.63) is 88.1 Å². The summed E-state index contributed by atoms with van der Waals surface area (Å²) in [6.45, 7) is 3.35. The molecule has 0 saturated heterocycles. The Morgan fingerprint density at radius 1 is 1.09 bits per heavy atom. The fourth-order valence-electron chi connectivity index (χ4n) is 2.97. The number of aryl methyl sites for hydroxylation is 1. The van der Waals surface area contributed by atoms with Crippen molar-refractivity contribution in [3.63, 3.8) is 0 Å². The van der Waals surface area contributed by atoms with Crippen LogP contribution in [-0.2, 0) is 14.8 Å². The van der Waals surface area contributed by atoms with Crippen LogP contribution in [0.2, 0.25) is 0 Å². The molecule has 0 aliphatic carbocycles. The fraction of sp³-hybridized carbons (Fsp3) is 0.174. The van der Waals surface area contributed by atoms with E-state index in [0.29, 0.717) is 11.3 Å². The summed E-state index contributed by atoms with van der Waals surface area (Å²) in [6, 6.07) is 16.8. The molecule has 0 fully saturated rings. The van der Waals surface area contributed by atoms with E-state index in [1.54, 1.807) is 6.92 Å². The van der Waals surface area contributed by atoms with Crippen LogP contribution in [0.1, 0.15) is 24.1 Å². The highest BCUT2D eigenvalue weighted by Gasteiger charge is 2.17. The van der Waals surface area contributed by atoms with Gasteiger partial charge in [-0.25, -0.2) is 12.8 Å². The molecule has 0 aliphatic heterocycles. The van der Waals surface area contributed by atoms with Crippen LogP contribution in [0.4, 0.5) is 10.1 Å². The standard InChI is InChI=1S/C23H22BrFN2O4S/c1-15-12-21(32(29,30)27-20-8-6-19(25)7-9-20)10-11-22(15)31-14-23(28)26-16(2)17-4-3-5-18(24)13-17/h3-13,16,27H,14H2,1-2H3,(H,26,28)/t16-/m0/s1. The highest BCUT2D eigenvalue weighted by Crippen LogP contribution is 2.24. The normalized spacial score (nSPS) is 12.1. The average Bonchev–Trinajstić information content (AvgIpc) is 2.74. The van der Waals surface area contributed by atoms with Crippen LogP contribution >= 0.6 is 15.9 Å². The molecule has 0 radical (unpaired) electrons. The zero-order valence-corrected chi connectivity index (χ0v) is 19.8. The number of carbonyl (C=O) groups is 1. The number of amides is 1. The Morgan fingerprint density at radius 3 is 2.47 bits per heavy atom. The number of ether oxygens (including phenoxy) is 1. The number of nitrogens with one attached hydrogen (secondary N) is 2. The van der Waals surface area contributed by atoms with Gasteiger partial charge in [0.25, 0.3) is 15.9 Å². The number of rotatable bonds is 8. The predicted molar refractivity (Wildman–Crippen MR) is 125 cm³/mol. The van der Waals surface area contributed by atoms with Gasteiger partial charge >= 0.3 is 0 Å². The molecule has 1 amide bonds. The molecule has 32 heavy (non-hydrogen) atoms. The molecule has 2 N–H and O–H groups in total. The molecule has 0 unspecified atom stereocenters. The Hall–Kier alpha value is -2.91. The Kier molecular flexibility index (Phi) is 7.52. The zero-order valence-electron chi connectivity index (χ0n) is 17.4. The average molecular weight is 521 g/mol. The van der Waals surface area contributed by atoms with Crippen LogP contribution in [0.3, 0.4) is 0 Å². The van der Waals surface area contributed by atoms with Crippen molar-refractivity contribution in [1.29, 1.82) is 0 Å². The van der Waals surface area contributed by atoms with E-state index in [0.717, 1.165) is 10.0 Å². The summed E-state index contributed by atoms with van der Waals surface area (Å²) in [5.74, 6) is -0.358. The Bertz CT molecular complexity index is 1220. The first-order chi connectivity index (χ1) is 15.1. The van der Waals surface area contributed by atoms with E-state index in [9.17, 15) is 17.6 Å². The molecule has 3 aromatic carbocycles. The van der Waals surface area contributed by atoms with Crippen LogP contribution in [0, 0.1) is 12.7 Å². The summed E-state index contributed by atoms with van der Waals surface area (Å²) in [4.78, 5) is 12.3. The number of benzene rings is 3. The zero-order chi connectivity index (χ0) is 23.3. The van der Waals surface area contributed by atoms with Gasteiger partial charge in [0, 0.05) is 10.2 Å². The molecule has 0 spiro atoms. The highest BCUT2D eigenvalue weighted by molar-refractivity contribution is 9.10. The second kappa shape index (κ2) is 10.1. The monoisotopic (exact) mass is 520 g/mol. The molecule has 3 rings (SSSR count). The van der Waals surface area contributed by atoms with Crippen molar-refractivity contribution in [3.8, 4) is 5.75 Å². The van der Waals surface area contributed by atoms with E-state index in [1.165, 1.54) is 42.5 Å². The largest absolute Gasteiger partial charge is 0.484 e. The molecule has 1 atom stereocenters. The predicted octanol–water partition coefficient (Wildman–Crippen LogP) is 4.95. The molecular formula is C23H22BrFN2O4S. The van der Waals surface area contributed by atoms with E-state index in [-0.39, 0.29) is 29.1 Å². The van der Waals surface area contributed by atoms with Crippen molar-refractivity contribution in [1.82, 2.24) is 5.32 Å². The minimum atomic E-state index is -3.86. The summed E-state index contributed by atoms with van der Waals surface area (Å²) in [6.07, 6.45) is 0. The molecule has 9 heteroatoms. The molecule has 168 valence electrons. The maximum atomic E-state index is 13.0. The maximum Gasteiger partial charge on any atom is 0.261 e. The summed E-state index contributed by atoms with van der Waals surface area (Å²) < 4.78 is 47.1. The van der Waals surface area contributed by atoms with Crippen LogP contribution < -0.4 is 14.8 Å². The van der Waals surface area contributed by atoms with Crippen molar-refractivity contribution in [2.24, 2.45) is 0 Å². The molecule has 0 aromatic heterocycles. The summed E-state index contributed by atoms with van der Waals surface area (Å²) in [5.41, 5.74) is 1.76. The van der Waals surface area contributed by atoms with Crippen LogP contribution in [0.15, 0.2) is 76.1 Å². The van der Waals surface area contributed by atoms with E-state index in [4.69, 9.17) is 4.74 Å². The number of hydrogen-bond donors (Lipinski definition) is 2. The van der Waals surface area contributed by atoms with E-state index >= 15 is 0 Å². The lowest BCUT2D eigenvalue weighted by Gasteiger charge is -2.16. The van der Waals surface area contributed by atoms with Gasteiger partial charge in [-0.3, -0.25) is 9.52 Å². The molecule has 0 aliphatic rings. The number of anilines is 1. The Labute approximate surface area is 195 Å². The number of carbonyl (C=O) groups excluding carboxylic acids is 1. The first kappa shape index (κ1) is 23.7. The molecule has 0 bridgehead atoms. The first-order valence-corrected chi connectivity index (χ1v) is 12.0. The van der Waals surface area contributed by atoms with Gasteiger partial charge in [-0.2, -0.15) is 0 Å². The van der Waals surface area contributed by atoms with Gasteiger partial charge in [-0.1, -0.05) is 28.1 Å². The van der Waals surface area contributed by atoms with Crippen molar-refractivity contribution in [2.45, 2.75) is 24.8 Å². The van der Waals surface area contributed by atoms with Gasteiger partial charge in [0.1, 0.15) is 11.6 Å². The first-order valence-electron chi connectivity index (χ1n) is 9.71. The maximum absolute atomic E-state index is 13.0. The quantitative estimate of drug-likeness (QED) is 0.439. The van der Waals surface area contributed by atoms with Crippen LogP contribution in [0.5, 0.6) is 5.75 Å². The molecule has 6 nitrogen and oxygen atoms in total. The number of sulfonamides is 1. The van der Waals surface area contributed by atoms with Crippen molar-refractivity contribution < 1.29 is 22.3 Å². The SMILES string of the molecule is Cc1cc(S(=O)(=O)Nc2ccc(F)cc2)ccc1OCC(=O)N[C@@H](C)c1cccc(Br)c1. The minimum absolute atomic E-state index is 0.0272. The topological polar surface area (TPSA) is 84.5 Å². The molecular weight excluding hydrogens is 499 g/mol. The summed E-state index contributed by atoms with van der Waals surface area (Å²) in [5, 5.41) is 2.86. The fourth-order valence-corrected chi connectivity index (χ4v) is 4.53. The third-order valence-electron chi connectivity index (χ3n) is 4.64. The Balaban J connectivity index is 1.61. The van der Waals surface area contributed by atoms with Gasteiger partial charge in [0.15, 0.2) is 6.61 Å². The minimum Gasteiger partial charge on any atom is -0.484 e. The van der Waals surface area contributed by atoms with E-state index in [2.05, 4.69) is 26.0 Å². The molecule has 3 aromatic rings. The lowest BCUT2D eigenvalue weighted by Crippen LogP contribution is -2.31. The van der Waals surface area contributed by atoms with Crippen molar-refractivity contribution >= 4 is 37.5 Å². The Morgan fingerprint density at radius 2 is 1.81 bits per heavy atom. The smallest absolute Gasteiger partial charge is 0.261 e. The highest BCUT2D eigenvalue weighted by atomic mass is 79.9. The van der Waals surface area contributed by atoms with Gasteiger partial charge in [-0.05, 0) is 79.6 Å². The van der Waals surface area contributed by atoms with Crippen LogP contribution in [0.25, 0.3) is 0 Å². The lowest BCUT2D eigenvalue weighted by molar-refractivity contribution is -0.123. The van der Waals surface area contributed by atoms with Gasteiger partial charge in [-0.15, -0.1) is 0 Å². The third-order valence-corrected chi connectivity index (χ3v) is 6.51. The van der Waals surface area contributed by atoms with E-state index in [1.807, 2.05) is 31.2 Å².